The molecular weight excluding hydrogens is 314 g/mol. The highest BCUT2D eigenvalue weighted by Gasteiger charge is 2.18. The van der Waals surface area contributed by atoms with Gasteiger partial charge in [-0.3, -0.25) is 14.4 Å². The zero-order valence-electron chi connectivity index (χ0n) is 14.0. The number of allylic oxidation sites excluding steroid dienone is 1. The maximum atomic E-state index is 11.7. The van der Waals surface area contributed by atoms with E-state index < -0.39 is 0 Å². The minimum absolute atomic E-state index is 0.0615. The average molecular weight is 339 g/mol. The Morgan fingerprint density at radius 2 is 1.79 bits per heavy atom. The fourth-order valence-corrected chi connectivity index (χ4v) is 1.92. The molecule has 2 N–H and O–H groups in total. The van der Waals surface area contributed by atoms with E-state index in [1.807, 2.05) is 0 Å². The van der Waals surface area contributed by atoms with E-state index in [0.29, 0.717) is 51.6 Å². The Morgan fingerprint density at radius 1 is 1.08 bits per heavy atom. The second-order valence-corrected chi connectivity index (χ2v) is 5.06. The van der Waals surface area contributed by atoms with Crippen LogP contribution in [0.15, 0.2) is 24.4 Å². The van der Waals surface area contributed by atoms with Gasteiger partial charge in [0.25, 0.3) is 5.91 Å². The highest BCUT2D eigenvalue weighted by molar-refractivity contribution is 5.93. The maximum absolute atomic E-state index is 11.7. The van der Waals surface area contributed by atoms with Gasteiger partial charge in [-0.15, -0.1) is 0 Å². The zero-order chi connectivity index (χ0) is 17.8. The van der Waals surface area contributed by atoms with Crippen molar-refractivity contribution in [2.75, 3.05) is 46.6 Å². The molecule has 1 aliphatic rings. The van der Waals surface area contributed by atoms with E-state index in [1.54, 1.807) is 13.1 Å². The van der Waals surface area contributed by atoms with Crippen molar-refractivity contribution in [1.29, 1.82) is 0 Å². The van der Waals surface area contributed by atoms with E-state index in [2.05, 4.69) is 17.2 Å². The normalized spacial score (nSPS) is 13.5. The lowest BCUT2D eigenvalue weighted by Crippen LogP contribution is -2.32. The molecule has 0 aromatic carbocycles. The predicted molar refractivity (Wildman–Crippen MR) is 87.9 cm³/mol. The Morgan fingerprint density at radius 3 is 2.42 bits per heavy atom. The molecule has 8 nitrogen and oxygen atoms in total. The van der Waals surface area contributed by atoms with Crippen molar-refractivity contribution in [3.8, 4) is 0 Å². The Kier molecular flexibility index (Phi) is 9.40. The Bertz CT molecular complexity index is 472. The first-order valence-electron chi connectivity index (χ1n) is 7.86. The molecule has 0 fully saturated rings. The number of carbonyl (C=O) groups is 3. The summed E-state index contributed by atoms with van der Waals surface area (Å²) >= 11 is 0. The van der Waals surface area contributed by atoms with Gasteiger partial charge in [0.2, 0.25) is 11.8 Å². The summed E-state index contributed by atoms with van der Waals surface area (Å²) in [6.45, 7) is 5.97. The van der Waals surface area contributed by atoms with Crippen LogP contribution in [-0.4, -0.2) is 69.2 Å². The van der Waals surface area contributed by atoms with E-state index in [4.69, 9.17) is 9.47 Å². The summed E-state index contributed by atoms with van der Waals surface area (Å²) in [5.74, 6) is -0.353. The minimum Gasteiger partial charge on any atom is -0.379 e. The maximum Gasteiger partial charge on any atom is 0.251 e. The lowest BCUT2D eigenvalue weighted by molar-refractivity contribution is -0.125. The van der Waals surface area contributed by atoms with Gasteiger partial charge in [0, 0.05) is 44.8 Å². The Balaban J connectivity index is 1.92. The van der Waals surface area contributed by atoms with Gasteiger partial charge in [0.1, 0.15) is 0 Å². The first-order chi connectivity index (χ1) is 11.5. The summed E-state index contributed by atoms with van der Waals surface area (Å²) in [4.78, 5) is 35.5. The molecule has 0 aromatic rings. The fraction of sp³-hybridized carbons (Fsp3) is 0.562. The van der Waals surface area contributed by atoms with E-state index in [9.17, 15) is 14.4 Å². The van der Waals surface area contributed by atoms with Gasteiger partial charge in [0.05, 0.1) is 26.4 Å². The van der Waals surface area contributed by atoms with Gasteiger partial charge in [-0.1, -0.05) is 6.58 Å². The first-order valence-corrected chi connectivity index (χ1v) is 7.86. The summed E-state index contributed by atoms with van der Waals surface area (Å²) in [5.41, 5.74) is 0.604. The second-order valence-electron chi connectivity index (χ2n) is 5.06. The Labute approximate surface area is 141 Å². The molecule has 3 amide bonds. The summed E-state index contributed by atoms with van der Waals surface area (Å²) < 4.78 is 10.5. The van der Waals surface area contributed by atoms with Crippen molar-refractivity contribution in [3.63, 3.8) is 0 Å². The molecule has 0 spiro atoms. The van der Waals surface area contributed by atoms with Crippen LogP contribution in [0.2, 0.25) is 0 Å². The van der Waals surface area contributed by atoms with Crippen LogP contribution in [0.5, 0.6) is 0 Å². The third-order valence-corrected chi connectivity index (χ3v) is 3.29. The third kappa shape index (κ3) is 7.89. The van der Waals surface area contributed by atoms with Crippen molar-refractivity contribution in [2.45, 2.75) is 12.8 Å². The second kappa shape index (κ2) is 11.4. The van der Waals surface area contributed by atoms with Gasteiger partial charge < -0.3 is 25.0 Å². The average Bonchev–Trinajstić information content (AvgIpc) is 2.89. The summed E-state index contributed by atoms with van der Waals surface area (Å²) in [6, 6.07) is 0. The fourth-order valence-electron chi connectivity index (χ4n) is 1.92. The molecule has 8 heteroatoms. The molecule has 0 saturated carbocycles. The molecular formula is C16H25N3O5. The molecule has 0 atom stereocenters. The summed E-state index contributed by atoms with van der Waals surface area (Å²) in [5, 5.41) is 5.22. The number of hydrogen-bond acceptors (Lipinski definition) is 5. The summed E-state index contributed by atoms with van der Waals surface area (Å²) in [6.07, 6.45) is 3.61. The van der Waals surface area contributed by atoms with E-state index in [1.165, 1.54) is 11.0 Å². The Hall–Kier alpha value is -2.19. The van der Waals surface area contributed by atoms with Crippen LogP contribution in [0.4, 0.5) is 0 Å². The molecule has 0 unspecified atom stereocenters. The van der Waals surface area contributed by atoms with Gasteiger partial charge in [-0.25, -0.2) is 0 Å². The lowest BCUT2D eigenvalue weighted by Gasteiger charge is -2.16. The van der Waals surface area contributed by atoms with Crippen molar-refractivity contribution in [2.24, 2.45) is 0 Å². The molecule has 1 rings (SSSR count). The van der Waals surface area contributed by atoms with E-state index in [-0.39, 0.29) is 24.1 Å². The quantitative estimate of drug-likeness (QED) is 0.471. The van der Waals surface area contributed by atoms with Gasteiger partial charge in [-0.05, 0) is 6.08 Å². The molecule has 0 bridgehead atoms. The highest BCUT2D eigenvalue weighted by Crippen LogP contribution is 2.12. The van der Waals surface area contributed by atoms with Crippen molar-refractivity contribution < 1.29 is 23.9 Å². The molecule has 0 aliphatic carbocycles. The minimum atomic E-state index is -0.146. The summed E-state index contributed by atoms with van der Waals surface area (Å²) in [7, 11) is 1.58. The number of rotatable bonds is 12. The largest absolute Gasteiger partial charge is 0.379 e. The number of ether oxygens (including phenoxy) is 2. The van der Waals surface area contributed by atoms with Crippen LogP contribution in [0.25, 0.3) is 0 Å². The van der Waals surface area contributed by atoms with Crippen molar-refractivity contribution >= 4 is 17.7 Å². The molecule has 24 heavy (non-hydrogen) atoms. The molecule has 1 aliphatic heterocycles. The number of amides is 3. The standard InChI is InChI=1S/C16H25N3O5/c1-13-3-4-16(22)19(13)8-5-15(21)18-7-10-24-12-11-23-9-6-14(20)17-2/h3-4H,1,5-12H2,2H3,(H,17,20)(H,18,21). The topological polar surface area (TPSA) is 97.0 Å². The van der Waals surface area contributed by atoms with Crippen LogP contribution in [0.3, 0.4) is 0 Å². The zero-order valence-corrected chi connectivity index (χ0v) is 14.0. The van der Waals surface area contributed by atoms with E-state index in [0.717, 1.165) is 0 Å². The molecule has 0 aromatic heterocycles. The molecule has 0 saturated heterocycles. The number of nitrogens with one attached hydrogen (secondary N) is 2. The van der Waals surface area contributed by atoms with Crippen LogP contribution >= 0.6 is 0 Å². The van der Waals surface area contributed by atoms with Gasteiger partial charge >= 0.3 is 0 Å². The molecule has 1 heterocycles. The number of carbonyl (C=O) groups excluding carboxylic acids is 3. The van der Waals surface area contributed by atoms with Crippen molar-refractivity contribution in [1.82, 2.24) is 15.5 Å². The first kappa shape index (κ1) is 19.9. The molecule has 134 valence electrons. The number of nitrogens with zero attached hydrogens (tertiary/aromatic N) is 1. The smallest absolute Gasteiger partial charge is 0.251 e. The van der Waals surface area contributed by atoms with Gasteiger partial charge in [0.15, 0.2) is 0 Å². The van der Waals surface area contributed by atoms with Gasteiger partial charge in [-0.2, -0.15) is 0 Å². The van der Waals surface area contributed by atoms with Crippen LogP contribution < -0.4 is 10.6 Å². The number of hydrogen-bond donors (Lipinski definition) is 2. The lowest BCUT2D eigenvalue weighted by atomic mass is 10.3. The van der Waals surface area contributed by atoms with Crippen LogP contribution in [0.1, 0.15) is 12.8 Å². The molecule has 0 radical (unpaired) electrons. The van der Waals surface area contributed by atoms with Crippen molar-refractivity contribution in [3.05, 3.63) is 24.4 Å². The highest BCUT2D eigenvalue weighted by atomic mass is 16.5. The predicted octanol–water partition coefficient (Wildman–Crippen LogP) is -0.426. The van der Waals surface area contributed by atoms with E-state index >= 15 is 0 Å². The third-order valence-electron chi connectivity index (χ3n) is 3.29. The SMILES string of the molecule is C=C1C=CC(=O)N1CCC(=O)NCCOCCOCCC(=O)NC. The monoisotopic (exact) mass is 339 g/mol. The van der Waals surface area contributed by atoms with Crippen LogP contribution in [0, 0.1) is 0 Å². The van der Waals surface area contributed by atoms with Crippen LogP contribution in [-0.2, 0) is 23.9 Å².